The second-order valence-corrected chi connectivity index (χ2v) is 4.76. The summed E-state index contributed by atoms with van der Waals surface area (Å²) in [6.45, 7) is 2.84. The second kappa shape index (κ2) is 6.65. The maximum absolute atomic E-state index is 6.16. The van der Waals surface area contributed by atoms with E-state index in [1.165, 1.54) is 0 Å². The first-order valence-electron chi connectivity index (χ1n) is 6.30. The van der Waals surface area contributed by atoms with Gasteiger partial charge in [0.2, 0.25) is 0 Å². The average Bonchev–Trinajstić information content (AvgIpc) is 2.87. The van der Waals surface area contributed by atoms with Gasteiger partial charge in [-0.15, -0.1) is 0 Å². The molecule has 0 spiro atoms. The van der Waals surface area contributed by atoms with Crippen molar-refractivity contribution in [3.05, 3.63) is 47.0 Å². The molecule has 0 aliphatic carbocycles. The van der Waals surface area contributed by atoms with Crippen LogP contribution in [0.1, 0.15) is 18.3 Å². The van der Waals surface area contributed by atoms with Crippen LogP contribution in [0, 0.1) is 0 Å². The van der Waals surface area contributed by atoms with Gasteiger partial charge in [-0.2, -0.15) is 5.10 Å². The van der Waals surface area contributed by atoms with Crippen LogP contribution in [0.15, 0.2) is 30.6 Å². The highest BCUT2D eigenvalue weighted by Gasteiger charge is 2.14. The maximum atomic E-state index is 6.16. The van der Waals surface area contributed by atoms with E-state index in [0.29, 0.717) is 0 Å². The van der Waals surface area contributed by atoms with Gasteiger partial charge in [0.1, 0.15) is 12.2 Å². The number of hydrogen-bond acceptors (Lipinski definition) is 4. The molecule has 5 nitrogen and oxygen atoms in total. The molecule has 1 aromatic carbocycles. The maximum Gasteiger partial charge on any atom is 0.138 e. The third-order valence-corrected chi connectivity index (χ3v) is 3.45. The molecule has 0 bridgehead atoms. The number of hydrogen-bond donors (Lipinski definition) is 2. The van der Waals surface area contributed by atoms with Crippen LogP contribution in [-0.4, -0.2) is 20.8 Å². The molecule has 1 unspecified atom stereocenters. The van der Waals surface area contributed by atoms with Gasteiger partial charge >= 0.3 is 0 Å². The Morgan fingerprint density at radius 3 is 2.84 bits per heavy atom. The zero-order valence-corrected chi connectivity index (χ0v) is 11.6. The quantitative estimate of drug-likeness (QED) is 0.622. The number of rotatable bonds is 6. The fourth-order valence-corrected chi connectivity index (χ4v) is 2.26. The van der Waals surface area contributed by atoms with Gasteiger partial charge in [0.25, 0.3) is 0 Å². The van der Waals surface area contributed by atoms with Crippen LogP contribution >= 0.6 is 11.6 Å². The van der Waals surface area contributed by atoms with Crippen LogP contribution in [-0.2, 0) is 19.4 Å². The number of aromatic nitrogens is 3. The van der Waals surface area contributed by atoms with Crippen molar-refractivity contribution in [2.45, 2.75) is 32.4 Å². The highest BCUT2D eigenvalue weighted by molar-refractivity contribution is 6.31. The molecule has 0 saturated heterocycles. The van der Waals surface area contributed by atoms with Gasteiger partial charge in [-0.05, 0) is 25.0 Å². The molecule has 0 aliphatic heterocycles. The summed E-state index contributed by atoms with van der Waals surface area (Å²) in [6.07, 6.45) is 3.05. The Morgan fingerprint density at radius 2 is 2.16 bits per heavy atom. The third-order valence-electron chi connectivity index (χ3n) is 3.08. The van der Waals surface area contributed by atoms with Gasteiger partial charge in [0.15, 0.2) is 0 Å². The molecule has 1 heterocycles. The van der Waals surface area contributed by atoms with E-state index in [0.717, 1.165) is 35.8 Å². The lowest BCUT2D eigenvalue weighted by Gasteiger charge is -2.16. The molecule has 0 amide bonds. The molecule has 6 heteroatoms. The van der Waals surface area contributed by atoms with Gasteiger partial charge < -0.3 is 0 Å². The first kappa shape index (κ1) is 14.0. The summed E-state index contributed by atoms with van der Waals surface area (Å²) in [7, 11) is 0. The number of nitrogens with zero attached hydrogens (tertiary/aromatic N) is 3. The Balaban J connectivity index is 2.07. The number of nitrogens with one attached hydrogen (secondary N) is 1. The number of aryl methyl sites for hydroxylation is 1. The summed E-state index contributed by atoms with van der Waals surface area (Å²) < 4.78 is 1.87. The molecule has 3 N–H and O–H groups in total. The standard InChI is InChI=1S/C13H18ClN5/c1-2-19-13(16-9-17-19)8-11(18-15)7-10-5-3-4-6-12(10)14/h3-6,9,11,18H,2,7-8,15H2,1H3. The van der Waals surface area contributed by atoms with Crippen LogP contribution in [0.2, 0.25) is 5.02 Å². The van der Waals surface area contributed by atoms with E-state index in [2.05, 4.69) is 15.5 Å². The first-order chi connectivity index (χ1) is 9.24. The number of benzene rings is 1. The SMILES string of the molecule is CCn1ncnc1CC(Cc1ccccc1Cl)NN. The van der Waals surface area contributed by atoms with Gasteiger partial charge in [0.05, 0.1) is 0 Å². The molecule has 102 valence electrons. The minimum atomic E-state index is 0.0781. The van der Waals surface area contributed by atoms with Crippen molar-refractivity contribution in [2.75, 3.05) is 0 Å². The molecule has 2 rings (SSSR count). The van der Waals surface area contributed by atoms with E-state index < -0.39 is 0 Å². The third kappa shape index (κ3) is 3.53. The Kier molecular flexibility index (Phi) is 4.90. The molecular formula is C13H18ClN5. The predicted octanol–water partition coefficient (Wildman–Crippen LogP) is 1.57. The van der Waals surface area contributed by atoms with Crippen LogP contribution in [0.5, 0.6) is 0 Å². The molecule has 1 aromatic heterocycles. The van der Waals surface area contributed by atoms with E-state index >= 15 is 0 Å². The smallest absolute Gasteiger partial charge is 0.138 e. The Morgan fingerprint density at radius 1 is 1.37 bits per heavy atom. The van der Waals surface area contributed by atoms with Crippen molar-refractivity contribution in [1.82, 2.24) is 20.2 Å². The molecule has 1 atom stereocenters. The summed E-state index contributed by atoms with van der Waals surface area (Å²) in [5.41, 5.74) is 3.91. The fourth-order valence-electron chi connectivity index (χ4n) is 2.05. The van der Waals surface area contributed by atoms with Crippen molar-refractivity contribution in [1.29, 1.82) is 0 Å². The topological polar surface area (TPSA) is 68.8 Å². The van der Waals surface area contributed by atoms with E-state index in [-0.39, 0.29) is 6.04 Å². The molecule has 0 aliphatic rings. The lowest BCUT2D eigenvalue weighted by molar-refractivity contribution is 0.490. The summed E-state index contributed by atoms with van der Waals surface area (Å²) in [5, 5.41) is 4.92. The zero-order chi connectivity index (χ0) is 13.7. The molecular weight excluding hydrogens is 262 g/mol. The Hall–Kier alpha value is -1.43. The zero-order valence-electron chi connectivity index (χ0n) is 10.9. The summed E-state index contributed by atoms with van der Waals surface area (Å²) in [5.74, 6) is 6.56. The van der Waals surface area contributed by atoms with Crippen LogP contribution < -0.4 is 11.3 Å². The van der Waals surface area contributed by atoms with E-state index in [1.54, 1.807) is 6.33 Å². The van der Waals surface area contributed by atoms with Crippen molar-refractivity contribution < 1.29 is 0 Å². The average molecular weight is 280 g/mol. The molecule has 0 saturated carbocycles. The van der Waals surface area contributed by atoms with Gasteiger partial charge in [-0.25, -0.2) is 4.98 Å². The minimum Gasteiger partial charge on any atom is -0.271 e. The molecule has 0 radical (unpaired) electrons. The van der Waals surface area contributed by atoms with E-state index in [1.807, 2.05) is 35.9 Å². The summed E-state index contributed by atoms with van der Waals surface area (Å²) in [4.78, 5) is 4.26. The van der Waals surface area contributed by atoms with Gasteiger partial charge in [0, 0.05) is 24.0 Å². The molecule has 19 heavy (non-hydrogen) atoms. The lowest BCUT2D eigenvalue weighted by atomic mass is 10.0. The minimum absolute atomic E-state index is 0.0781. The highest BCUT2D eigenvalue weighted by atomic mass is 35.5. The first-order valence-corrected chi connectivity index (χ1v) is 6.68. The van der Waals surface area contributed by atoms with Gasteiger partial charge in [-0.3, -0.25) is 16.0 Å². The van der Waals surface area contributed by atoms with Crippen molar-refractivity contribution >= 4 is 11.6 Å². The second-order valence-electron chi connectivity index (χ2n) is 4.36. The normalized spacial score (nSPS) is 12.6. The fraction of sp³-hybridized carbons (Fsp3) is 0.385. The molecule has 2 aromatic rings. The van der Waals surface area contributed by atoms with Gasteiger partial charge in [-0.1, -0.05) is 29.8 Å². The van der Waals surface area contributed by atoms with Crippen LogP contribution in [0.4, 0.5) is 0 Å². The van der Waals surface area contributed by atoms with Crippen molar-refractivity contribution in [3.63, 3.8) is 0 Å². The number of nitrogens with two attached hydrogens (primary N) is 1. The van der Waals surface area contributed by atoms with E-state index in [4.69, 9.17) is 17.4 Å². The van der Waals surface area contributed by atoms with Crippen LogP contribution in [0.3, 0.4) is 0 Å². The lowest BCUT2D eigenvalue weighted by Crippen LogP contribution is -2.39. The predicted molar refractivity (Wildman–Crippen MR) is 75.7 cm³/mol. The largest absolute Gasteiger partial charge is 0.271 e. The molecule has 0 fully saturated rings. The number of halogens is 1. The highest BCUT2D eigenvalue weighted by Crippen LogP contribution is 2.17. The Bertz CT molecular complexity index is 525. The number of hydrazine groups is 1. The van der Waals surface area contributed by atoms with Crippen molar-refractivity contribution in [2.24, 2.45) is 5.84 Å². The Labute approximate surface area is 117 Å². The summed E-state index contributed by atoms with van der Waals surface area (Å²) >= 11 is 6.16. The van der Waals surface area contributed by atoms with Crippen LogP contribution in [0.25, 0.3) is 0 Å². The van der Waals surface area contributed by atoms with Crippen molar-refractivity contribution in [3.8, 4) is 0 Å². The van der Waals surface area contributed by atoms with E-state index in [9.17, 15) is 0 Å². The monoisotopic (exact) mass is 279 g/mol. The summed E-state index contributed by atoms with van der Waals surface area (Å²) in [6, 6.07) is 7.87.